The van der Waals surface area contributed by atoms with Crippen molar-refractivity contribution in [3.63, 3.8) is 0 Å². The fraction of sp³-hybridized carbons (Fsp3) is 0.692. The highest BCUT2D eigenvalue weighted by Crippen LogP contribution is 2.28. The Bertz CT molecular complexity index is 484. The second kappa shape index (κ2) is 5.51. The molecule has 0 saturated carbocycles. The van der Waals surface area contributed by atoms with Crippen LogP contribution in [0.25, 0.3) is 0 Å². The van der Waals surface area contributed by atoms with E-state index in [1.165, 1.54) is 0 Å². The Morgan fingerprint density at radius 1 is 1.58 bits per heavy atom. The largest absolute Gasteiger partial charge is 0.396 e. The maximum atomic E-state index is 12.6. The molecule has 1 N–H and O–H groups in total. The number of halogens is 1. The van der Waals surface area contributed by atoms with Crippen LogP contribution in [-0.4, -0.2) is 45.4 Å². The van der Waals surface area contributed by atoms with Crippen LogP contribution in [0.4, 0.5) is 0 Å². The zero-order chi connectivity index (χ0) is 14.2. The highest BCUT2D eigenvalue weighted by molar-refractivity contribution is 6.33. The fourth-order valence-electron chi connectivity index (χ4n) is 2.45. The molecule has 6 heteroatoms. The fourth-order valence-corrected chi connectivity index (χ4v) is 2.66. The Balaban J connectivity index is 2.29. The van der Waals surface area contributed by atoms with Crippen LogP contribution < -0.4 is 0 Å². The molecule has 1 aliphatic heterocycles. The van der Waals surface area contributed by atoms with Gasteiger partial charge in [0, 0.05) is 32.7 Å². The van der Waals surface area contributed by atoms with Crippen LogP contribution in [0.1, 0.15) is 42.2 Å². The minimum Gasteiger partial charge on any atom is -0.396 e. The summed E-state index contributed by atoms with van der Waals surface area (Å²) in [5, 5.41) is 13.9. The van der Waals surface area contributed by atoms with Gasteiger partial charge >= 0.3 is 0 Å². The molecule has 0 radical (unpaired) electrons. The predicted molar refractivity (Wildman–Crippen MR) is 73.4 cm³/mol. The van der Waals surface area contributed by atoms with E-state index in [-0.39, 0.29) is 24.3 Å². The van der Waals surface area contributed by atoms with Gasteiger partial charge in [-0.15, -0.1) is 0 Å². The van der Waals surface area contributed by atoms with Crippen LogP contribution in [0, 0.1) is 5.92 Å². The first-order valence-corrected chi connectivity index (χ1v) is 6.96. The van der Waals surface area contributed by atoms with Crippen molar-refractivity contribution in [3.05, 3.63) is 16.4 Å². The first-order chi connectivity index (χ1) is 8.95. The molecule has 1 fully saturated rings. The van der Waals surface area contributed by atoms with Crippen molar-refractivity contribution in [2.24, 2.45) is 13.0 Å². The number of rotatable bonds is 3. The van der Waals surface area contributed by atoms with Gasteiger partial charge in [0.25, 0.3) is 5.91 Å². The molecule has 0 aromatic carbocycles. The van der Waals surface area contributed by atoms with Crippen LogP contribution in [0.15, 0.2) is 0 Å². The van der Waals surface area contributed by atoms with E-state index in [4.69, 9.17) is 16.7 Å². The van der Waals surface area contributed by atoms with Crippen LogP contribution in [0.2, 0.25) is 5.15 Å². The minimum atomic E-state index is -0.0715. The number of hydrogen-bond donors (Lipinski definition) is 1. The van der Waals surface area contributed by atoms with E-state index in [1.54, 1.807) is 16.6 Å². The number of aliphatic hydroxyl groups excluding tert-OH is 1. The molecule has 2 rings (SSSR count). The summed E-state index contributed by atoms with van der Waals surface area (Å²) in [5.41, 5.74) is 1.25. The summed E-state index contributed by atoms with van der Waals surface area (Å²) in [5.74, 6) is 0.258. The molecule has 106 valence electrons. The van der Waals surface area contributed by atoms with E-state index in [9.17, 15) is 4.79 Å². The molecule has 1 unspecified atom stereocenters. The molecule has 0 aliphatic carbocycles. The number of aliphatic hydroxyl groups is 1. The Morgan fingerprint density at radius 3 is 2.79 bits per heavy atom. The number of likely N-dealkylation sites (tertiary alicyclic amines) is 1. The van der Waals surface area contributed by atoms with Crippen molar-refractivity contribution in [2.45, 2.75) is 26.2 Å². The van der Waals surface area contributed by atoms with Gasteiger partial charge in [0.1, 0.15) is 5.15 Å². The molecule has 1 aromatic rings. The molecule has 1 atom stereocenters. The molecule has 1 amide bonds. The van der Waals surface area contributed by atoms with Gasteiger partial charge < -0.3 is 10.0 Å². The summed E-state index contributed by atoms with van der Waals surface area (Å²) in [6.45, 7) is 5.39. The molecule has 1 saturated heterocycles. The quantitative estimate of drug-likeness (QED) is 0.919. The van der Waals surface area contributed by atoms with Gasteiger partial charge in [-0.25, -0.2) is 0 Å². The summed E-state index contributed by atoms with van der Waals surface area (Å²) in [6.07, 6.45) is 0.844. The van der Waals surface area contributed by atoms with Crippen molar-refractivity contribution in [2.75, 3.05) is 19.7 Å². The zero-order valence-electron chi connectivity index (χ0n) is 11.6. The third-order valence-corrected chi connectivity index (χ3v) is 4.03. The minimum absolute atomic E-state index is 0.0715. The lowest BCUT2D eigenvalue weighted by molar-refractivity contribution is 0.0780. The van der Waals surface area contributed by atoms with Crippen LogP contribution >= 0.6 is 11.6 Å². The lowest BCUT2D eigenvalue weighted by Gasteiger charge is -2.17. The average Bonchev–Trinajstić information content (AvgIpc) is 2.95. The number of aromatic nitrogens is 2. The van der Waals surface area contributed by atoms with Gasteiger partial charge in [0.2, 0.25) is 0 Å². The van der Waals surface area contributed by atoms with Crippen molar-refractivity contribution in [3.8, 4) is 0 Å². The van der Waals surface area contributed by atoms with Gasteiger partial charge in [-0.2, -0.15) is 5.10 Å². The molecule has 0 spiro atoms. The van der Waals surface area contributed by atoms with E-state index in [0.717, 1.165) is 12.1 Å². The standard InChI is InChI=1S/C13H20ClN3O2/c1-8(2)11-10(12(14)16(3)15-11)13(19)17-5-4-9(6-17)7-18/h8-9,18H,4-7H2,1-3H3. The van der Waals surface area contributed by atoms with Crippen molar-refractivity contribution in [1.82, 2.24) is 14.7 Å². The van der Waals surface area contributed by atoms with Gasteiger partial charge in [0.15, 0.2) is 0 Å². The van der Waals surface area contributed by atoms with Gasteiger partial charge in [-0.3, -0.25) is 9.48 Å². The van der Waals surface area contributed by atoms with Crippen molar-refractivity contribution < 1.29 is 9.90 Å². The van der Waals surface area contributed by atoms with Gasteiger partial charge in [-0.1, -0.05) is 25.4 Å². The molecule has 2 heterocycles. The number of carbonyl (C=O) groups is 1. The van der Waals surface area contributed by atoms with Gasteiger partial charge in [-0.05, 0) is 12.3 Å². The zero-order valence-corrected chi connectivity index (χ0v) is 12.3. The maximum absolute atomic E-state index is 12.6. The topological polar surface area (TPSA) is 58.4 Å². The second-order valence-electron chi connectivity index (χ2n) is 5.42. The Kier molecular flexibility index (Phi) is 4.16. The second-order valence-corrected chi connectivity index (χ2v) is 5.78. The molecule has 1 aromatic heterocycles. The third kappa shape index (κ3) is 2.62. The Morgan fingerprint density at radius 2 is 2.26 bits per heavy atom. The highest BCUT2D eigenvalue weighted by Gasteiger charge is 2.31. The summed E-state index contributed by atoms with van der Waals surface area (Å²) in [4.78, 5) is 14.3. The summed E-state index contributed by atoms with van der Waals surface area (Å²) in [7, 11) is 1.74. The van der Waals surface area contributed by atoms with Crippen LogP contribution in [-0.2, 0) is 7.05 Å². The normalized spacial score (nSPS) is 19.5. The van der Waals surface area contributed by atoms with E-state index < -0.39 is 0 Å². The first-order valence-electron chi connectivity index (χ1n) is 6.58. The molecule has 19 heavy (non-hydrogen) atoms. The number of amides is 1. The number of hydrogen-bond acceptors (Lipinski definition) is 3. The summed E-state index contributed by atoms with van der Waals surface area (Å²) < 4.78 is 1.55. The summed E-state index contributed by atoms with van der Waals surface area (Å²) in [6, 6.07) is 0. The van der Waals surface area contributed by atoms with Crippen molar-refractivity contribution in [1.29, 1.82) is 0 Å². The van der Waals surface area contributed by atoms with E-state index in [1.807, 2.05) is 13.8 Å². The van der Waals surface area contributed by atoms with Crippen molar-refractivity contribution >= 4 is 17.5 Å². The number of nitrogens with zero attached hydrogens (tertiary/aromatic N) is 3. The van der Waals surface area contributed by atoms with Gasteiger partial charge in [0.05, 0.1) is 11.3 Å². The van der Waals surface area contributed by atoms with Crippen LogP contribution in [0.5, 0.6) is 0 Å². The van der Waals surface area contributed by atoms with E-state index in [2.05, 4.69) is 5.10 Å². The molecule has 0 bridgehead atoms. The number of carbonyl (C=O) groups excluding carboxylic acids is 1. The Hall–Kier alpha value is -1.07. The summed E-state index contributed by atoms with van der Waals surface area (Å²) >= 11 is 6.21. The smallest absolute Gasteiger partial charge is 0.258 e. The third-order valence-electron chi connectivity index (χ3n) is 3.60. The lowest BCUT2D eigenvalue weighted by atomic mass is 10.1. The predicted octanol–water partition coefficient (Wildman–Crippen LogP) is 1.65. The lowest BCUT2D eigenvalue weighted by Crippen LogP contribution is -2.30. The van der Waals surface area contributed by atoms with Crippen LogP contribution in [0.3, 0.4) is 0 Å². The highest BCUT2D eigenvalue weighted by atomic mass is 35.5. The number of aryl methyl sites for hydroxylation is 1. The molecule has 5 nitrogen and oxygen atoms in total. The maximum Gasteiger partial charge on any atom is 0.258 e. The van der Waals surface area contributed by atoms with E-state index >= 15 is 0 Å². The van der Waals surface area contributed by atoms with E-state index in [0.29, 0.717) is 23.8 Å². The molecular weight excluding hydrogens is 266 g/mol. The monoisotopic (exact) mass is 285 g/mol. The first kappa shape index (κ1) is 14.3. The molecular formula is C13H20ClN3O2. The SMILES string of the molecule is CC(C)c1nn(C)c(Cl)c1C(=O)N1CCC(CO)C1. The average molecular weight is 286 g/mol. The molecule has 1 aliphatic rings. The Labute approximate surface area is 118 Å².